The summed E-state index contributed by atoms with van der Waals surface area (Å²) in [6, 6.07) is 4.90. The zero-order chi connectivity index (χ0) is 22.3. The van der Waals surface area contributed by atoms with Crippen molar-refractivity contribution in [2.45, 2.75) is 37.0 Å². The normalized spacial score (nSPS) is 16.2. The van der Waals surface area contributed by atoms with Crippen LogP contribution in [0.1, 0.15) is 24.8 Å². The van der Waals surface area contributed by atoms with Crippen LogP contribution in [0, 0.1) is 27.9 Å². The van der Waals surface area contributed by atoms with Gasteiger partial charge in [0.1, 0.15) is 23.0 Å². The fourth-order valence-corrected chi connectivity index (χ4v) is 5.34. The minimum atomic E-state index is -4.25. The molecule has 0 bridgehead atoms. The van der Waals surface area contributed by atoms with Crippen molar-refractivity contribution in [3.05, 3.63) is 50.9 Å². The largest absolute Gasteiger partial charge is 0.394 e. The van der Waals surface area contributed by atoms with Gasteiger partial charge in [-0.25, -0.2) is 21.6 Å². The highest BCUT2D eigenvalue weighted by atomic mass is 127. The lowest BCUT2D eigenvalue weighted by molar-refractivity contribution is 0.0858. The molecule has 11 heteroatoms. The third kappa shape index (κ3) is 4.53. The highest BCUT2D eigenvalue weighted by molar-refractivity contribution is 14.1. The van der Waals surface area contributed by atoms with Crippen LogP contribution in [0.3, 0.4) is 0 Å². The number of rotatable bonds is 8. The van der Waals surface area contributed by atoms with E-state index in [9.17, 15) is 26.7 Å². The molecule has 0 radical (unpaired) electrons. The van der Waals surface area contributed by atoms with Gasteiger partial charge in [0.05, 0.1) is 23.1 Å². The van der Waals surface area contributed by atoms with E-state index in [1.165, 1.54) is 19.1 Å². The summed E-state index contributed by atoms with van der Waals surface area (Å²) >= 11 is 1.89. The van der Waals surface area contributed by atoms with E-state index < -0.39 is 56.3 Å². The van der Waals surface area contributed by atoms with Crippen molar-refractivity contribution in [3.63, 3.8) is 0 Å². The van der Waals surface area contributed by atoms with Crippen molar-refractivity contribution < 1.29 is 31.8 Å². The Balaban J connectivity index is 2.02. The van der Waals surface area contributed by atoms with Crippen molar-refractivity contribution in [2.24, 2.45) is 0 Å². The van der Waals surface area contributed by atoms with Gasteiger partial charge in [-0.1, -0.05) is 0 Å². The molecule has 6 nitrogen and oxygen atoms in total. The SMILES string of the molecule is Cc1cc(F)c(NS(=O)(=O)C2(CC(O)CO)CC2)c(Nc2ccc(I)cc2F)c1F. The second kappa shape index (κ2) is 8.52. The number of sulfonamides is 1. The Hall–Kier alpha value is -1.57. The van der Waals surface area contributed by atoms with E-state index in [0.717, 1.165) is 6.07 Å². The smallest absolute Gasteiger partial charge is 0.238 e. The lowest BCUT2D eigenvalue weighted by Crippen LogP contribution is -2.34. The van der Waals surface area contributed by atoms with E-state index in [-0.39, 0.29) is 30.5 Å². The van der Waals surface area contributed by atoms with Crippen molar-refractivity contribution in [1.82, 2.24) is 0 Å². The predicted octanol–water partition coefficient (Wildman–Crippen LogP) is 3.78. The zero-order valence-electron chi connectivity index (χ0n) is 15.8. The van der Waals surface area contributed by atoms with Crippen molar-refractivity contribution in [2.75, 3.05) is 16.6 Å². The zero-order valence-corrected chi connectivity index (χ0v) is 18.8. The van der Waals surface area contributed by atoms with Gasteiger partial charge >= 0.3 is 0 Å². The molecule has 30 heavy (non-hydrogen) atoms. The Bertz CT molecular complexity index is 1080. The average Bonchev–Trinajstić information content (AvgIpc) is 3.45. The van der Waals surface area contributed by atoms with Crippen LogP contribution in [0.15, 0.2) is 24.3 Å². The quantitative estimate of drug-likeness (QED) is 0.372. The Morgan fingerprint density at radius 2 is 1.83 bits per heavy atom. The molecule has 0 amide bonds. The maximum atomic E-state index is 14.8. The highest BCUT2D eigenvalue weighted by Crippen LogP contribution is 2.48. The van der Waals surface area contributed by atoms with Crippen LogP contribution in [0.5, 0.6) is 0 Å². The Labute approximate surface area is 185 Å². The first-order valence-electron chi connectivity index (χ1n) is 9.01. The molecule has 0 saturated heterocycles. The first-order valence-corrected chi connectivity index (χ1v) is 11.6. The van der Waals surface area contributed by atoms with Crippen molar-refractivity contribution >= 4 is 49.7 Å². The first-order chi connectivity index (χ1) is 14.0. The van der Waals surface area contributed by atoms with Gasteiger partial charge in [-0.05, 0) is 78.6 Å². The van der Waals surface area contributed by atoms with Gasteiger partial charge in [-0.15, -0.1) is 0 Å². The number of aliphatic hydroxyl groups is 2. The lowest BCUT2D eigenvalue weighted by Gasteiger charge is -2.22. The third-order valence-corrected chi connectivity index (χ3v) is 7.88. The number of hydrogen-bond acceptors (Lipinski definition) is 5. The molecule has 0 spiro atoms. The molecule has 0 aromatic heterocycles. The van der Waals surface area contributed by atoms with Crippen LogP contribution in [0.25, 0.3) is 0 Å². The predicted molar refractivity (Wildman–Crippen MR) is 116 cm³/mol. The average molecular weight is 556 g/mol. The number of halogens is 4. The number of benzene rings is 2. The minimum absolute atomic E-state index is 0.0966. The molecule has 2 aromatic rings. The van der Waals surface area contributed by atoms with Crippen LogP contribution in [-0.2, 0) is 10.0 Å². The molecule has 1 saturated carbocycles. The fraction of sp³-hybridized carbons (Fsp3) is 0.368. The van der Waals surface area contributed by atoms with Crippen LogP contribution < -0.4 is 10.0 Å². The number of aliphatic hydroxyl groups excluding tert-OH is 2. The molecule has 0 heterocycles. The molecule has 1 aliphatic carbocycles. The van der Waals surface area contributed by atoms with Gasteiger partial charge in [0.25, 0.3) is 0 Å². The molecule has 164 valence electrons. The minimum Gasteiger partial charge on any atom is -0.394 e. The Morgan fingerprint density at radius 3 is 2.40 bits per heavy atom. The molecule has 1 atom stereocenters. The molecule has 0 aliphatic heterocycles. The Kier molecular flexibility index (Phi) is 6.56. The lowest BCUT2D eigenvalue weighted by atomic mass is 10.1. The van der Waals surface area contributed by atoms with E-state index >= 15 is 0 Å². The number of nitrogens with one attached hydrogen (secondary N) is 2. The summed E-state index contributed by atoms with van der Waals surface area (Å²) in [7, 11) is -4.25. The number of aryl methyl sites for hydroxylation is 1. The van der Waals surface area contributed by atoms with Crippen LogP contribution >= 0.6 is 22.6 Å². The molecule has 1 fully saturated rings. The van der Waals surface area contributed by atoms with Crippen molar-refractivity contribution in [1.29, 1.82) is 0 Å². The summed E-state index contributed by atoms with van der Waals surface area (Å²) in [4.78, 5) is 0. The van der Waals surface area contributed by atoms with Crippen LogP contribution in [0.2, 0.25) is 0 Å². The van der Waals surface area contributed by atoms with Gasteiger partial charge < -0.3 is 15.5 Å². The van der Waals surface area contributed by atoms with Crippen LogP contribution in [-0.4, -0.2) is 36.1 Å². The fourth-order valence-electron chi connectivity index (χ4n) is 3.15. The molecule has 1 aliphatic rings. The Morgan fingerprint density at radius 1 is 1.17 bits per heavy atom. The van der Waals surface area contributed by atoms with E-state index in [0.29, 0.717) is 3.57 Å². The summed E-state index contributed by atoms with van der Waals surface area (Å²) in [5.41, 5.74) is -1.48. The first kappa shape index (κ1) is 23.1. The summed E-state index contributed by atoms with van der Waals surface area (Å²) in [6.45, 7) is 0.676. The van der Waals surface area contributed by atoms with Crippen molar-refractivity contribution in [3.8, 4) is 0 Å². The van der Waals surface area contributed by atoms with E-state index in [4.69, 9.17) is 5.11 Å². The monoisotopic (exact) mass is 556 g/mol. The number of hydrogen-bond donors (Lipinski definition) is 4. The molecule has 4 N–H and O–H groups in total. The topological polar surface area (TPSA) is 98.7 Å². The second-order valence-corrected chi connectivity index (χ2v) is 10.6. The van der Waals surface area contributed by atoms with E-state index in [2.05, 4.69) is 10.0 Å². The number of anilines is 3. The maximum Gasteiger partial charge on any atom is 0.238 e. The highest BCUT2D eigenvalue weighted by Gasteiger charge is 2.55. The van der Waals surface area contributed by atoms with E-state index in [1.807, 2.05) is 22.6 Å². The summed E-state index contributed by atoms with van der Waals surface area (Å²) in [5, 5.41) is 21.1. The standard InChI is InChI=1S/C19H20F3IN2O4S/c1-10-6-14(21)17(25-30(28,29)19(4-5-19)8-12(27)9-26)18(16(10)22)24-15-3-2-11(23)7-13(15)20/h2-3,6-7,12,24-27H,4-5,8-9H2,1H3. The molecule has 2 aromatic carbocycles. The summed E-state index contributed by atoms with van der Waals surface area (Å²) in [6.07, 6.45) is -1.11. The molecular weight excluding hydrogens is 536 g/mol. The molecule has 3 rings (SSSR count). The third-order valence-electron chi connectivity index (χ3n) is 5.02. The van der Waals surface area contributed by atoms with Gasteiger partial charge in [0.2, 0.25) is 10.0 Å². The van der Waals surface area contributed by atoms with Gasteiger partial charge in [0, 0.05) is 3.57 Å². The second-order valence-electron chi connectivity index (χ2n) is 7.32. The summed E-state index contributed by atoms with van der Waals surface area (Å²) < 4.78 is 70.9. The van der Waals surface area contributed by atoms with Gasteiger partial charge in [-0.3, -0.25) is 4.72 Å². The molecular formula is C19H20F3IN2O4S. The molecule has 1 unspecified atom stereocenters. The maximum absolute atomic E-state index is 14.8. The van der Waals surface area contributed by atoms with Crippen LogP contribution in [0.4, 0.5) is 30.2 Å². The summed E-state index contributed by atoms with van der Waals surface area (Å²) in [5.74, 6) is -2.70. The van der Waals surface area contributed by atoms with Gasteiger partial charge in [0.15, 0.2) is 5.82 Å². The van der Waals surface area contributed by atoms with Gasteiger partial charge in [-0.2, -0.15) is 0 Å². The van der Waals surface area contributed by atoms with E-state index in [1.54, 1.807) is 6.07 Å².